The summed E-state index contributed by atoms with van der Waals surface area (Å²) < 4.78 is 24.5. The van der Waals surface area contributed by atoms with Crippen molar-refractivity contribution in [2.24, 2.45) is 4.99 Å². The van der Waals surface area contributed by atoms with Crippen LogP contribution in [-0.2, 0) is 10.0 Å². The average Bonchev–Trinajstić information content (AvgIpc) is 2.63. The largest absolute Gasteiger partial charge is 0.355 e. The number of guanidine groups is 1. The van der Waals surface area contributed by atoms with Crippen molar-refractivity contribution in [3.05, 3.63) is 0 Å². The maximum atomic E-state index is 11.5. The third-order valence-electron chi connectivity index (χ3n) is 2.44. The predicted octanol–water partition coefficient (Wildman–Crippen LogP) is -0.562. The van der Waals surface area contributed by atoms with Crippen molar-refractivity contribution in [1.29, 1.82) is 0 Å². The molecular formula is C10H19IN4O2S. The fraction of sp³-hybridized carbons (Fsp3) is 0.700. The van der Waals surface area contributed by atoms with E-state index in [1.165, 1.54) is 4.31 Å². The van der Waals surface area contributed by atoms with Crippen LogP contribution in [0, 0.1) is 12.3 Å². The van der Waals surface area contributed by atoms with Crippen LogP contribution in [0.1, 0.15) is 6.42 Å². The smallest absolute Gasteiger partial charge is 0.214 e. The Kier molecular flexibility index (Phi) is 8.30. The molecule has 1 heterocycles. The summed E-state index contributed by atoms with van der Waals surface area (Å²) in [6.07, 6.45) is 5.83. The van der Waals surface area contributed by atoms with Crippen LogP contribution in [0.15, 0.2) is 4.99 Å². The van der Waals surface area contributed by atoms with Crippen LogP contribution >= 0.6 is 24.0 Å². The van der Waals surface area contributed by atoms with Crippen molar-refractivity contribution in [2.75, 3.05) is 39.0 Å². The lowest BCUT2D eigenvalue weighted by atomic mass is 10.5. The summed E-state index contributed by atoms with van der Waals surface area (Å²) in [5, 5.41) is 5.91. The number of hydrogen-bond acceptors (Lipinski definition) is 3. The Labute approximate surface area is 126 Å². The Hall–Kier alpha value is -0.530. The third kappa shape index (κ3) is 5.41. The summed E-state index contributed by atoms with van der Waals surface area (Å²) in [4.78, 5) is 3.96. The molecule has 0 amide bonds. The SMILES string of the molecule is C#CCNC(=NC)NCCN1CCCS1(=O)=O.I. The third-order valence-corrected chi connectivity index (χ3v) is 4.39. The zero-order valence-corrected chi connectivity index (χ0v) is 13.5. The highest BCUT2D eigenvalue weighted by atomic mass is 127. The lowest BCUT2D eigenvalue weighted by molar-refractivity contribution is 0.445. The molecule has 8 heteroatoms. The normalized spacial score (nSPS) is 18.8. The van der Waals surface area contributed by atoms with Crippen molar-refractivity contribution >= 4 is 40.0 Å². The zero-order valence-electron chi connectivity index (χ0n) is 10.3. The van der Waals surface area contributed by atoms with Crippen molar-refractivity contribution in [1.82, 2.24) is 14.9 Å². The number of rotatable bonds is 4. The highest BCUT2D eigenvalue weighted by Crippen LogP contribution is 2.11. The Morgan fingerprint density at radius 3 is 2.72 bits per heavy atom. The van der Waals surface area contributed by atoms with Gasteiger partial charge in [-0.3, -0.25) is 4.99 Å². The molecule has 6 nitrogen and oxygen atoms in total. The number of hydrogen-bond donors (Lipinski definition) is 2. The highest BCUT2D eigenvalue weighted by Gasteiger charge is 2.27. The molecule has 0 bridgehead atoms. The maximum absolute atomic E-state index is 11.5. The predicted molar refractivity (Wildman–Crippen MR) is 83.6 cm³/mol. The van der Waals surface area contributed by atoms with E-state index >= 15 is 0 Å². The number of nitrogens with zero attached hydrogens (tertiary/aromatic N) is 2. The van der Waals surface area contributed by atoms with Gasteiger partial charge in [0, 0.05) is 26.7 Å². The van der Waals surface area contributed by atoms with Crippen LogP contribution in [0.4, 0.5) is 0 Å². The van der Waals surface area contributed by atoms with Gasteiger partial charge in [0.1, 0.15) is 0 Å². The van der Waals surface area contributed by atoms with E-state index in [1.807, 2.05) is 0 Å². The number of terminal acetylenes is 1. The maximum Gasteiger partial charge on any atom is 0.214 e. The molecule has 2 N–H and O–H groups in total. The average molecular weight is 386 g/mol. The van der Waals surface area contributed by atoms with Crippen LogP contribution in [0.25, 0.3) is 0 Å². The molecule has 0 atom stereocenters. The Morgan fingerprint density at radius 1 is 1.50 bits per heavy atom. The minimum absolute atomic E-state index is 0. The fourth-order valence-electron chi connectivity index (χ4n) is 1.60. The molecule has 1 aliphatic heterocycles. The molecule has 1 fully saturated rings. The van der Waals surface area contributed by atoms with E-state index in [0.717, 1.165) is 0 Å². The minimum atomic E-state index is -3.01. The fourth-order valence-corrected chi connectivity index (χ4v) is 3.13. The molecule has 0 aromatic rings. The summed E-state index contributed by atoms with van der Waals surface area (Å²) in [7, 11) is -1.37. The number of aliphatic imine (C=N–C) groups is 1. The molecule has 0 saturated carbocycles. The Bertz CT molecular complexity index is 416. The van der Waals surface area contributed by atoms with Gasteiger partial charge in [-0.1, -0.05) is 5.92 Å². The van der Waals surface area contributed by atoms with Gasteiger partial charge in [-0.05, 0) is 6.42 Å². The van der Waals surface area contributed by atoms with Crippen molar-refractivity contribution in [2.45, 2.75) is 6.42 Å². The van der Waals surface area contributed by atoms with Gasteiger partial charge in [0.05, 0.1) is 12.3 Å². The molecule has 104 valence electrons. The molecule has 18 heavy (non-hydrogen) atoms. The second kappa shape index (κ2) is 8.55. The first-order valence-electron chi connectivity index (χ1n) is 5.46. The molecule has 0 unspecified atom stereocenters. The second-order valence-electron chi connectivity index (χ2n) is 3.63. The Balaban J connectivity index is 0.00000289. The van der Waals surface area contributed by atoms with Crippen molar-refractivity contribution < 1.29 is 8.42 Å². The number of halogens is 1. The lowest BCUT2D eigenvalue weighted by Crippen LogP contribution is -2.42. The van der Waals surface area contributed by atoms with Crippen LogP contribution in [-0.4, -0.2) is 57.7 Å². The molecule has 1 aliphatic rings. The zero-order chi connectivity index (χ0) is 12.7. The summed E-state index contributed by atoms with van der Waals surface area (Å²) in [6.45, 7) is 1.98. The first-order chi connectivity index (χ1) is 8.10. The first-order valence-corrected chi connectivity index (χ1v) is 7.07. The summed E-state index contributed by atoms with van der Waals surface area (Å²) in [6, 6.07) is 0. The van der Waals surface area contributed by atoms with E-state index in [2.05, 4.69) is 21.5 Å². The quantitative estimate of drug-likeness (QED) is 0.294. The molecule has 0 aromatic heterocycles. The summed E-state index contributed by atoms with van der Waals surface area (Å²) >= 11 is 0. The van der Waals surface area contributed by atoms with E-state index in [-0.39, 0.29) is 29.7 Å². The standard InChI is InChI=1S/C10H18N4O2S.HI/c1-3-5-12-10(11-2)13-6-8-14-7-4-9-17(14,15)16;/h1H,4-9H2,2H3,(H2,11,12,13);1H. The topological polar surface area (TPSA) is 73.8 Å². The van der Waals surface area contributed by atoms with E-state index in [9.17, 15) is 8.42 Å². The monoisotopic (exact) mass is 386 g/mol. The molecule has 0 aromatic carbocycles. The molecule has 0 aliphatic carbocycles. The Morgan fingerprint density at radius 2 is 2.22 bits per heavy atom. The van der Waals surface area contributed by atoms with Crippen molar-refractivity contribution in [3.63, 3.8) is 0 Å². The van der Waals surface area contributed by atoms with Gasteiger partial charge in [-0.2, -0.15) is 0 Å². The minimum Gasteiger partial charge on any atom is -0.355 e. The number of sulfonamides is 1. The van der Waals surface area contributed by atoms with Gasteiger partial charge in [0.25, 0.3) is 0 Å². The van der Waals surface area contributed by atoms with Gasteiger partial charge < -0.3 is 10.6 Å². The van der Waals surface area contributed by atoms with E-state index in [0.29, 0.717) is 38.6 Å². The highest BCUT2D eigenvalue weighted by molar-refractivity contribution is 14.0. The van der Waals surface area contributed by atoms with Gasteiger partial charge in [0.2, 0.25) is 10.0 Å². The lowest BCUT2D eigenvalue weighted by Gasteiger charge is -2.15. The van der Waals surface area contributed by atoms with E-state index in [1.54, 1.807) is 7.05 Å². The van der Waals surface area contributed by atoms with Gasteiger partial charge >= 0.3 is 0 Å². The molecule has 1 saturated heterocycles. The van der Waals surface area contributed by atoms with Crippen LogP contribution in [0.3, 0.4) is 0 Å². The van der Waals surface area contributed by atoms with Crippen LogP contribution in [0.2, 0.25) is 0 Å². The molecule has 0 spiro atoms. The second-order valence-corrected chi connectivity index (χ2v) is 5.71. The van der Waals surface area contributed by atoms with E-state index < -0.39 is 10.0 Å². The van der Waals surface area contributed by atoms with Crippen molar-refractivity contribution in [3.8, 4) is 12.3 Å². The van der Waals surface area contributed by atoms with Crippen LogP contribution < -0.4 is 10.6 Å². The first kappa shape index (κ1) is 17.5. The van der Waals surface area contributed by atoms with Gasteiger partial charge in [-0.15, -0.1) is 30.4 Å². The summed E-state index contributed by atoms with van der Waals surface area (Å²) in [5.41, 5.74) is 0. The molecule has 0 radical (unpaired) electrons. The summed E-state index contributed by atoms with van der Waals surface area (Å²) in [5.74, 6) is 3.28. The van der Waals surface area contributed by atoms with Gasteiger partial charge in [0.15, 0.2) is 5.96 Å². The van der Waals surface area contributed by atoms with Crippen LogP contribution in [0.5, 0.6) is 0 Å². The number of nitrogens with one attached hydrogen (secondary N) is 2. The molecule has 1 rings (SSSR count). The molecular weight excluding hydrogens is 367 g/mol. The van der Waals surface area contributed by atoms with E-state index in [4.69, 9.17) is 6.42 Å². The van der Waals surface area contributed by atoms with Gasteiger partial charge in [-0.25, -0.2) is 12.7 Å².